The molecule has 0 unspecified atom stereocenters. The van der Waals surface area contributed by atoms with Crippen molar-refractivity contribution >= 4 is 35.2 Å². The van der Waals surface area contributed by atoms with Crippen LogP contribution in [0.25, 0.3) is 0 Å². The molecule has 1 N–H and O–H groups in total. The molecule has 2 aromatic rings. The number of carboxylic acids is 1. The van der Waals surface area contributed by atoms with Gasteiger partial charge < -0.3 is 10.0 Å². The fourth-order valence-electron chi connectivity index (χ4n) is 2.71. The zero-order chi connectivity index (χ0) is 17.1. The van der Waals surface area contributed by atoms with Gasteiger partial charge in [-0.3, -0.25) is 4.99 Å². The number of rotatable bonds is 4. The molecule has 0 bridgehead atoms. The minimum atomic E-state index is -1.05. The smallest absolute Gasteiger partial charge is 0.335 e. The van der Waals surface area contributed by atoms with Gasteiger partial charge in [-0.1, -0.05) is 17.7 Å². The summed E-state index contributed by atoms with van der Waals surface area (Å²) in [5.74, 6) is -1.34. The van der Waals surface area contributed by atoms with E-state index in [4.69, 9.17) is 16.7 Å². The van der Waals surface area contributed by atoms with E-state index in [9.17, 15) is 9.18 Å². The van der Waals surface area contributed by atoms with Crippen LogP contribution in [0.3, 0.4) is 0 Å². The van der Waals surface area contributed by atoms with E-state index in [0.717, 1.165) is 25.9 Å². The van der Waals surface area contributed by atoms with Crippen LogP contribution < -0.4 is 4.90 Å². The fourth-order valence-corrected chi connectivity index (χ4v) is 2.87. The van der Waals surface area contributed by atoms with E-state index in [1.807, 2.05) is 4.90 Å². The van der Waals surface area contributed by atoms with Gasteiger partial charge in [0.1, 0.15) is 5.82 Å². The molecule has 124 valence electrons. The molecule has 0 amide bonds. The van der Waals surface area contributed by atoms with Crippen LogP contribution in [0, 0.1) is 5.82 Å². The molecule has 1 aliphatic rings. The van der Waals surface area contributed by atoms with Crippen molar-refractivity contribution in [2.24, 2.45) is 4.99 Å². The highest BCUT2D eigenvalue weighted by Gasteiger charge is 2.15. The lowest BCUT2D eigenvalue weighted by Gasteiger charge is -2.18. The van der Waals surface area contributed by atoms with Crippen molar-refractivity contribution in [3.63, 3.8) is 0 Å². The molecule has 3 rings (SSSR count). The van der Waals surface area contributed by atoms with Gasteiger partial charge in [-0.15, -0.1) is 0 Å². The number of anilines is 1. The molecule has 0 radical (unpaired) electrons. The maximum atomic E-state index is 14.3. The lowest BCUT2D eigenvalue weighted by molar-refractivity contribution is 0.0697. The van der Waals surface area contributed by atoms with E-state index >= 15 is 0 Å². The third kappa shape index (κ3) is 3.57. The van der Waals surface area contributed by atoms with Crippen molar-refractivity contribution in [3.05, 3.63) is 58.4 Å². The van der Waals surface area contributed by atoms with Crippen molar-refractivity contribution in [3.8, 4) is 0 Å². The Bertz CT molecular complexity index is 802. The highest BCUT2D eigenvalue weighted by molar-refractivity contribution is 6.33. The molecule has 4 nitrogen and oxygen atoms in total. The summed E-state index contributed by atoms with van der Waals surface area (Å²) in [7, 11) is 0. The zero-order valence-corrected chi connectivity index (χ0v) is 13.6. The Morgan fingerprint density at radius 1 is 1.21 bits per heavy atom. The van der Waals surface area contributed by atoms with Gasteiger partial charge in [0.15, 0.2) is 0 Å². The molecule has 6 heteroatoms. The fraction of sp³-hybridized carbons (Fsp3) is 0.222. The van der Waals surface area contributed by atoms with E-state index in [1.54, 1.807) is 12.1 Å². The van der Waals surface area contributed by atoms with Crippen LogP contribution >= 0.6 is 11.6 Å². The van der Waals surface area contributed by atoms with Crippen LogP contribution in [-0.4, -0.2) is 30.4 Å². The van der Waals surface area contributed by atoms with Crippen molar-refractivity contribution in [2.45, 2.75) is 12.8 Å². The molecular formula is C18H16ClFN2O2. The van der Waals surface area contributed by atoms with Crippen LogP contribution in [0.1, 0.15) is 28.8 Å². The Labute approximate surface area is 144 Å². The highest BCUT2D eigenvalue weighted by Crippen LogP contribution is 2.27. The van der Waals surface area contributed by atoms with Crippen LogP contribution in [0.2, 0.25) is 5.02 Å². The maximum Gasteiger partial charge on any atom is 0.335 e. The summed E-state index contributed by atoms with van der Waals surface area (Å²) >= 11 is 6.02. The van der Waals surface area contributed by atoms with Crippen LogP contribution in [0.15, 0.2) is 41.4 Å². The second-order valence-corrected chi connectivity index (χ2v) is 6.04. The molecule has 0 saturated carbocycles. The van der Waals surface area contributed by atoms with Crippen molar-refractivity contribution in [1.29, 1.82) is 0 Å². The first-order chi connectivity index (χ1) is 11.5. The van der Waals surface area contributed by atoms with E-state index in [2.05, 4.69) is 4.99 Å². The number of halogens is 2. The first kappa shape index (κ1) is 16.5. The minimum absolute atomic E-state index is 0.0992. The number of benzene rings is 2. The Morgan fingerprint density at radius 2 is 1.96 bits per heavy atom. The topological polar surface area (TPSA) is 52.9 Å². The van der Waals surface area contributed by atoms with E-state index < -0.39 is 5.97 Å². The number of hydrogen-bond donors (Lipinski definition) is 1. The minimum Gasteiger partial charge on any atom is -0.478 e. The zero-order valence-electron chi connectivity index (χ0n) is 12.9. The van der Waals surface area contributed by atoms with E-state index in [0.29, 0.717) is 22.0 Å². The Morgan fingerprint density at radius 3 is 2.62 bits per heavy atom. The summed E-state index contributed by atoms with van der Waals surface area (Å²) in [5, 5.41) is 9.35. The molecule has 2 aromatic carbocycles. The number of aromatic carboxylic acids is 1. The Balaban J connectivity index is 1.83. The van der Waals surface area contributed by atoms with Gasteiger partial charge in [-0.05, 0) is 48.7 Å². The second-order valence-electron chi connectivity index (χ2n) is 5.63. The molecule has 1 saturated heterocycles. The predicted molar refractivity (Wildman–Crippen MR) is 93.5 cm³/mol. The quantitative estimate of drug-likeness (QED) is 0.827. The van der Waals surface area contributed by atoms with Crippen LogP contribution in [0.5, 0.6) is 0 Å². The van der Waals surface area contributed by atoms with Gasteiger partial charge >= 0.3 is 5.97 Å². The van der Waals surface area contributed by atoms with E-state index in [-0.39, 0.29) is 11.4 Å². The van der Waals surface area contributed by atoms with Gasteiger partial charge in [0.05, 0.1) is 22.0 Å². The number of aliphatic imine (C=N–C) groups is 1. The molecule has 0 aromatic heterocycles. The summed E-state index contributed by atoms with van der Waals surface area (Å²) in [6.07, 6.45) is 3.64. The molecular weight excluding hydrogens is 331 g/mol. The SMILES string of the molecule is O=C(O)c1ccc(Cl)c(N=Cc2ccc(N3CCCC3)c(F)c2)c1. The Hall–Kier alpha value is -2.40. The van der Waals surface area contributed by atoms with Crippen molar-refractivity contribution in [2.75, 3.05) is 18.0 Å². The van der Waals surface area contributed by atoms with Crippen LogP contribution in [0.4, 0.5) is 15.8 Å². The van der Waals surface area contributed by atoms with Gasteiger partial charge in [0, 0.05) is 19.3 Å². The normalized spacial score (nSPS) is 14.5. The first-order valence-corrected chi connectivity index (χ1v) is 8.04. The largest absolute Gasteiger partial charge is 0.478 e. The highest BCUT2D eigenvalue weighted by atomic mass is 35.5. The predicted octanol–water partition coefficient (Wildman–Crippen LogP) is 4.53. The number of nitrogens with zero attached hydrogens (tertiary/aromatic N) is 2. The first-order valence-electron chi connectivity index (χ1n) is 7.66. The molecule has 0 atom stereocenters. The van der Waals surface area contributed by atoms with E-state index in [1.165, 1.54) is 30.5 Å². The average molecular weight is 347 g/mol. The number of hydrogen-bond acceptors (Lipinski definition) is 3. The summed E-state index contributed by atoms with van der Waals surface area (Å²) in [5.41, 5.74) is 1.63. The third-order valence-electron chi connectivity index (χ3n) is 3.96. The molecule has 1 aliphatic heterocycles. The summed E-state index contributed by atoms with van der Waals surface area (Å²) in [6.45, 7) is 1.75. The van der Waals surface area contributed by atoms with Gasteiger partial charge in [0.2, 0.25) is 0 Å². The molecule has 0 spiro atoms. The molecule has 0 aliphatic carbocycles. The summed E-state index contributed by atoms with van der Waals surface area (Å²) in [6, 6.07) is 9.23. The average Bonchev–Trinajstić information content (AvgIpc) is 3.08. The Kier molecular flexibility index (Phi) is 4.81. The monoisotopic (exact) mass is 346 g/mol. The van der Waals surface area contributed by atoms with Crippen molar-refractivity contribution < 1.29 is 14.3 Å². The molecule has 1 heterocycles. The third-order valence-corrected chi connectivity index (χ3v) is 4.28. The van der Waals surface area contributed by atoms with Gasteiger partial charge in [-0.2, -0.15) is 0 Å². The standard InChI is InChI=1S/C18H16ClFN2O2/c19-14-5-4-13(18(23)24)10-16(14)21-11-12-3-6-17(15(20)9-12)22-7-1-2-8-22/h3-6,9-11H,1-2,7-8H2,(H,23,24). The van der Waals surface area contributed by atoms with Gasteiger partial charge in [0.25, 0.3) is 0 Å². The number of carboxylic acid groups (broad SMARTS) is 1. The van der Waals surface area contributed by atoms with Gasteiger partial charge in [-0.25, -0.2) is 9.18 Å². The second kappa shape index (κ2) is 7.01. The summed E-state index contributed by atoms with van der Waals surface area (Å²) < 4.78 is 14.3. The lowest BCUT2D eigenvalue weighted by atomic mass is 10.2. The number of carbonyl (C=O) groups is 1. The summed E-state index contributed by atoms with van der Waals surface area (Å²) in [4.78, 5) is 17.2. The molecule has 24 heavy (non-hydrogen) atoms. The van der Waals surface area contributed by atoms with Crippen molar-refractivity contribution in [1.82, 2.24) is 0 Å². The lowest BCUT2D eigenvalue weighted by Crippen LogP contribution is -2.18. The van der Waals surface area contributed by atoms with Crippen LogP contribution in [-0.2, 0) is 0 Å². The molecule has 1 fully saturated rings. The maximum absolute atomic E-state index is 14.3.